The van der Waals surface area contributed by atoms with Gasteiger partial charge in [0.2, 0.25) is 5.76 Å². The van der Waals surface area contributed by atoms with Gasteiger partial charge in [0.1, 0.15) is 17.9 Å². The molecule has 1 aliphatic heterocycles. The Morgan fingerprint density at radius 1 is 0.971 bits per heavy atom. The van der Waals surface area contributed by atoms with Crippen LogP contribution in [0.5, 0.6) is 5.75 Å². The predicted molar refractivity (Wildman–Crippen MR) is 137 cm³/mol. The molecular formula is C30H29NO4. The maximum absolute atomic E-state index is 13.8. The summed E-state index contributed by atoms with van der Waals surface area (Å²) in [5.41, 5.74) is 4.53. The fourth-order valence-electron chi connectivity index (χ4n) is 4.90. The largest absolute Gasteiger partial charge is 0.489 e. The van der Waals surface area contributed by atoms with Crippen LogP contribution in [0.4, 0.5) is 0 Å². The molecule has 35 heavy (non-hydrogen) atoms. The quantitative estimate of drug-likeness (QED) is 0.318. The van der Waals surface area contributed by atoms with Gasteiger partial charge in [-0.25, -0.2) is 0 Å². The van der Waals surface area contributed by atoms with Crippen molar-refractivity contribution >= 4 is 16.9 Å². The molecule has 3 aromatic carbocycles. The average Bonchev–Trinajstić information content (AvgIpc) is 3.14. The van der Waals surface area contributed by atoms with Gasteiger partial charge in [-0.15, -0.1) is 0 Å². The van der Waals surface area contributed by atoms with Crippen molar-refractivity contribution in [2.45, 2.75) is 46.3 Å². The molecule has 0 saturated carbocycles. The van der Waals surface area contributed by atoms with Gasteiger partial charge in [0, 0.05) is 6.54 Å². The molecule has 1 aliphatic rings. The molecule has 5 heteroatoms. The number of hydrogen-bond donors (Lipinski definition) is 0. The van der Waals surface area contributed by atoms with Crippen LogP contribution in [-0.2, 0) is 6.61 Å². The average molecular weight is 468 g/mol. The molecule has 4 aromatic rings. The first-order valence-corrected chi connectivity index (χ1v) is 12.1. The van der Waals surface area contributed by atoms with E-state index in [2.05, 4.69) is 6.92 Å². The Morgan fingerprint density at radius 3 is 2.54 bits per heavy atom. The van der Waals surface area contributed by atoms with Crippen LogP contribution in [-0.4, -0.2) is 17.4 Å². The second kappa shape index (κ2) is 9.41. The van der Waals surface area contributed by atoms with E-state index in [-0.39, 0.29) is 17.1 Å². The number of carbonyl (C=O) groups is 1. The molecule has 0 bridgehead atoms. The number of hydrogen-bond acceptors (Lipinski definition) is 4. The maximum Gasteiger partial charge on any atom is 0.290 e. The van der Waals surface area contributed by atoms with Crippen molar-refractivity contribution in [1.29, 1.82) is 0 Å². The molecule has 178 valence electrons. The van der Waals surface area contributed by atoms with Crippen LogP contribution in [0.15, 0.2) is 75.9 Å². The number of rotatable bonds is 7. The van der Waals surface area contributed by atoms with Gasteiger partial charge in [0.15, 0.2) is 5.43 Å². The number of amides is 1. The minimum atomic E-state index is -0.509. The molecule has 0 saturated heterocycles. The number of fused-ring (bicyclic) bond motifs is 2. The van der Waals surface area contributed by atoms with E-state index in [9.17, 15) is 9.59 Å². The number of aryl methyl sites for hydroxylation is 2. The maximum atomic E-state index is 13.8. The fraction of sp³-hybridized carbons (Fsp3) is 0.267. The topological polar surface area (TPSA) is 59.8 Å². The predicted octanol–water partition coefficient (Wildman–Crippen LogP) is 6.33. The van der Waals surface area contributed by atoms with Gasteiger partial charge in [0.05, 0.1) is 17.0 Å². The van der Waals surface area contributed by atoms with Gasteiger partial charge in [-0.2, -0.15) is 0 Å². The Hall–Kier alpha value is -3.86. The van der Waals surface area contributed by atoms with E-state index in [1.807, 2.05) is 80.6 Å². The zero-order chi connectivity index (χ0) is 24.5. The minimum Gasteiger partial charge on any atom is -0.489 e. The first kappa shape index (κ1) is 22.9. The second-order valence-corrected chi connectivity index (χ2v) is 9.23. The third-order valence-corrected chi connectivity index (χ3v) is 6.57. The summed E-state index contributed by atoms with van der Waals surface area (Å²) < 4.78 is 12.2. The van der Waals surface area contributed by atoms with Crippen LogP contribution in [0.3, 0.4) is 0 Å². The normalized spacial score (nSPS) is 15.0. The van der Waals surface area contributed by atoms with Gasteiger partial charge in [-0.05, 0) is 60.7 Å². The zero-order valence-corrected chi connectivity index (χ0v) is 20.3. The number of carbonyl (C=O) groups excluding carboxylic acids is 1. The molecule has 1 aromatic heterocycles. The van der Waals surface area contributed by atoms with E-state index in [4.69, 9.17) is 9.15 Å². The van der Waals surface area contributed by atoms with E-state index in [0.29, 0.717) is 35.4 Å². The summed E-state index contributed by atoms with van der Waals surface area (Å²) in [6, 6.07) is 21.0. The lowest BCUT2D eigenvalue weighted by atomic mass is 9.97. The van der Waals surface area contributed by atoms with E-state index in [0.717, 1.165) is 35.1 Å². The van der Waals surface area contributed by atoms with Gasteiger partial charge in [-0.1, -0.05) is 61.9 Å². The van der Waals surface area contributed by atoms with Crippen LogP contribution in [0.1, 0.15) is 64.2 Å². The highest BCUT2D eigenvalue weighted by Crippen LogP contribution is 2.39. The van der Waals surface area contributed by atoms with Crippen LogP contribution in [0, 0.1) is 13.8 Å². The van der Waals surface area contributed by atoms with E-state index >= 15 is 0 Å². The van der Waals surface area contributed by atoms with E-state index < -0.39 is 6.04 Å². The summed E-state index contributed by atoms with van der Waals surface area (Å²) in [7, 11) is 0. The van der Waals surface area contributed by atoms with Crippen molar-refractivity contribution < 1.29 is 13.9 Å². The molecule has 0 N–H and O–H groups in total. The molecule has 2 heterocycles. The van der Waals surface area contributed by atoms with Gasteiger partial charge in [0.25, 0.3) is 5.91 Å². The third kappa shape index (κ3) is 4.23. The van der Waals surface area contributed by atoms with Crippen molar-refractivity contribution in [3.8, 4) is 5.75 Å². The molecule has 0 fully saturated rings. The van der Waals surface area contributed by atoms with Gasteiger partial charge in [-0.3, -0.25) is 9.59 Å². The Bertz CT molecular complexity index is 1450. The lowest BCUT2D eigenvalue weighted by molar-refractivity contribution is 0.0725. The smallest absolute Gasteiger partial charge is 0.290 e. The summed E-state index contributed by atoms with van der Waals surface area (Å²) >= 11 is 0. The lowest BCUT2D eigenvalue weighted by Crippen LogP contribution is -2.30. The highest BCUT2D eigenvalue weighted by molar-refractivity contribution is 5.99. The van der Waals surface area contributed by atoms with E-state index in [1.165, 1.54) is 0 Å². The summed E-state index contributed by atoms with van der Waals surface area (Å²) in [6.45, 7) is 6.94. The third-order valence-electron chi connectivity index (χ3n) is 6.57. The van der Waals surface area contributed by atoms with Crippen LogP contribution < -0.4 is 10.2 Å². The van der Waals surface area contributed by atoms with Crippen molar-refractivity contribution in [3.05, 3.63) is 111 Å². The monoisotopic (exact) mass is 467 g/mol. The first-order chi connectivity index (χ1) is 17.0. The van der Waals surface area contributed by atoms with Gasteiger partial charge < -0.3 is 14.1 Å². The Labute approximate surface area is 205 Å². The van der Waals surface area contributed by atoms with Crippen molar-refractivity contribution in [3.63, 3.8) is 0 Å². The van der Waals surface area contributed by atoms with Crippen LogP contribution in [0.25, 0.3) is 11.0 Å². The Morgan fingerprint density at radius 2 is 1.77 bits per heavy atom. The van der Waals surface area contributed by atoms with Crippen molar-refractivity contribution in [2.75, 3.05) is 6.54 Å². The fourth-order valence-corrected chi connectivity index (χ4v) is 4.90. The second-order valence-electron chi connectivity index (χ2n) is 9.23. The molecule has 5 nitrogen and oxygen atoms in total. The molecule has 1 unspecified atom stereocenters. The highest BCUT2D eigenvalue weighted by atomic mass is 16.5. The molecule has 1 amide bonds. The van der Waals surface area contributed by atoms with Crippen molar-refractivity contribution in [1.82, 2.24) is 4.90 Å². The summed E-state index contributed by atoms with van der Waals surface area (Å²) in [6.07, 6.45) is 1.78. The standard InChI is InChI=1S/C30H29NO4/c1-4-5-14-31-26(22-12-9-13-23(17-22)34-18-21-10-7-6-8-11-21)25-27(32)24-16-19(2)15-20(3)28(24)35-29(25)30(31)33/h6-13,15-17,26H,4-5,14,18H2,1-3H3. The molecule has 0 spiro atoms. The van der Waals surface area contributed by atoms with Gasteiger partial charge >= 0.3 is 0 Å². The number of unbranched alkanes of at least 4 members (excludes halogenated alkanes) is 1. The molecular weight excluding hydrogens is 438 g/mol. The SMILES string of the molecule is CCCCN1C(=O)c2oc3c(C)cc(C)cc3c(=O)c2C1c1cccc(OCc2ccccc2)c1. The molecule has 5 rings (SSSR count). The highest BCUT2D eigenvalue weighted by Gasteiger charge is 2.42. The Kier molecular flexibility index (Phi) is 6.16. The zero-order valence-electron chi connectivity index (χ0n) is 20.3. The first-order valence-electron chi connectivity index (χ1n) is 12.1. The van der Waals surface area contributed by atoms with Crippen LogP contribution >= 0.6 is 0 Å². The number of nitrogens with zero attached hydrogens (tertiary/aromatic N) is 1. The molecule has 1 atom stereocenters. The summed E-state index contributed by atoms with van der Waals surface area (Å²) in [4.78, 5) is 29.1. The van der Waals surface area contributed by atoms with E-state index in [1.54, 1.807) is 4.90 Å². The Balaban J connectivity index is 1.60. The number of ether oxygens (including phenoxy) is 1. The van der Waals surface area contributed by atoms with Crippen LogP contribution in [0.2, 0.25) is 0 Å². The number of benzene rings is 3. The van der Waals surface area contributed by atoms with Crippen molar-refractivity contribution in [2.24, 2.45) is 0 Å². The molecule has 0 radical (unpaired) electrons. The lowest BCUT2D eigenvalue weighted by Gasteiger charge is -2.25. The minimum absolute atomic E-state index is 0.138. The summed E-state index contributed by atoms with van der Waals surface area (Å²) in [5.74, 6) is 0.624. The molecule has 0 aliphatic carbocycles. The summed E-state index contributed by atoms with van der Waals surface area (Å²) in [5, 5.41) is 0.521.